The second kappa shape index (κ2) is 6.81. The Morgan fingerprint density at radius 1 is 1.40 bits per heavy atom. The number of nitrogens with two attached hydrogens (primary N) is 1. The summed E-state index contributed by atoms with van der Waals surface area (Å²) >= 11 is 0. The van der Waals surface area contributed by atoms with E-state index in [1.807, 2.05) is 30.3 Å². The lowest BCUT2D eigenvalue weighted by Gasteiger charge is -2.11. The summed E-state index contributed by atoms with van der Waals surface area (Å²) in [4.78, 5) is 15.8. The van der Waals surface area contributed by atoms with Crippen LogP contribution in [0.5, 0.6) is 0 Å². The average molecular weight is 274 g/mol. The van der Waals surface area contributed by atoms with Gasteiger partial charge in [-0.1, -0.05) is 35.5 Å². The van der Waals surface area contributed by atoms with Crippen molar-refractivity contribution in [3.63, 3.8) is 0 Å². The topological polar surface area (TPSA) is 94.0 Å². The Kier molecular flexibility index (Phi) is 4.84. The Labute approximate surface area is 117 Å². The number of nitrogens with zero attached hydrogens (tertiary/aromatic N) is 2. The van der Waals surface area contributed by atoms with E-state index in [2.05, 4.69) is 15.5 Å². The number of amides is 1. The maximum atomic E-state index is 11.8. The second-order valence-corrected chi connectivity index (χ2v) is 4.58. The molecule has 2 rings (SSSR count). The van der Waals surface area contributed by atoms with E-state index in [4.69, 9.17) is 10.3 Å². The van der Waals surface area contributed by atoms with Gasteiger partial charge in [-0.15, -0.1) is 0 Å². The Morgan fingerprint density at radius 2 is 2.15 bits per heavy atom. The number of carbonyl (C=O) groups is 1. The van der Waals surface area contributed by atoms with Crippen LogP contribution in [0.2, 0.25) is 0 Å². The van der Waals surface area contributed by atoms with Crippen LogP contribution in [0.25, 0.3) is 0 Å². The highest BCUT2D eigenvalue weighted by Gasteiger charge is 2.14. The highest BCUT2D eigenvalue weighted by atomic mass is 16.5. The molecule has 0 saturated heterocycles. The molecule has 1 aromatic heterocycles. The lowest BCUT2D eigenvalue weighted by molar-refractivity contribution is -0.122. The minimum atomic E-state index is -0.542. The third-order valence-electron chi connectivity index (χ3n) is 2.91. The van der Waals surface area contributed by atoms with E-state index in [1.54, 1.807) is 6.92 Å². The lowest BCUT2D eigenvalue weighted by Crippen LogP contribution is -2.40. The Hall–Kier alpha value is -2.21. The first-order valence-corrected chi connectivity index (χ1v) is 6.51. The quantitative estimate of drug-likeness (QED) is 0.818. The maximum Gasteiger partial charge on any atom is 0.246 e. The van der Waals surface area contributed by atoms with Crippen LogP contribution in [0, 0.1) is 6.92 Å². The van der Waals surface area contributed by atoms with E-state index >= 15 is 0 Å². The summed E-state index contributed by atoms with van der Waals surface area (Å²) in [7, 11) is 0. The highest BCUT2D eigenvalue weighted by Crippen LogP contribution is 2.04. The zero-order valence-electron chi connectivity index (χ0n) is 11.4. The summed E-state index contributed by atoms with van der Waals surface area (Å²) in [5.41, 5.74) is 7.03. The predicted molar refractivity (Wildman–Crippen MR) is 73.6 cm³/mol. The molecule has 6 heteroatoms. The van der Waals surface area contributed by atoms with Crippen molar-refractivity contribution in [3.05, 3.63) is 47.6 Å². The summed E-state index contributed by atoms with van der Waals surface area (Å²) in [6.45, 7) is 1.93. The lowest BCUT2D eigenvalue weighted by atomic mass is 10.1. The third kappa shape index (κ3) is 4.17. The van der Waals surface area contributed by atoms with Gasteiger partial charge in [-0.2, -0.15) is 4.98 Å². The summed E-state index contributed by atoms with van der Waals surface area (Å²) in [6, 6.07) is 9.40. The molecule has 0 aliphatic rings. The molecular formula is C14H18N4O2. The van der Waals surface area contributed by atoms with Crippen molar-refractivity contribution in [2.45, 2.75) is 32.4 Å². The van der Waals surface area contributed by atoms with E-state index in [0.717, 1.165) is 6.42 Å². The fourth-order valence-corrected chi connectivity index (χ4v) is 1.80. The van der Waals surface area contributed by atoms with Gasteiger partial charge < -0.3 is 15.6 Å². The first kappa shape index (κ1) is 14.2. The summed E-state index contributed by atoms with van der Waals surface area (Å²) < 4.78 is 4.91. The molecule has 0 aliphatic carbocycles. The third-order valence-corrected chi connectivity index (χ3v) is 2.91. The predicted octanol–water partition coefficient (Wildman–Crippen LogP) is 0.954. The van der Waals surface area contributed by atoms with Crippen LogP contribution in [0.4, 0.5) is 0 Å². The van der Waals surface area contributed by atoms with Gasteiger partial charge in [-0.25, -0.2) is 0 Å². The molecule has 0 radical (unpaired) electrons. The average Bonchev–Trinajstić information content (AvgIpc) is 2.89. The molecule has 2 aromatic rings. The molecule has 0 bridgehead atoms. The number of aromatic nitrogens is 2. The van der Waals surface area contributed by atoms with E-state index in [0.29, 0.717) is 18.1 Å². The van der Waals surface area contributed by atoms with Gasteiger partial charge in [0.05, 0.1) is 12.6 Å². The molecule has 1 aromatic carbocycles. The van der Waals surface area contributed by atoms with E-state index in [-0.39, 0.29) is 12.5 Å². The monoisotopic (exact) mass is 274 g/mol. The molecule has 1 atom stereocenters. The molecule has 1 amide bonds. The van der Waals surface area contributed by atoms with Gasteiger partial charge in [0.2, 0.25) is 11.8 Å². The van der Waals surface area contributed by atoms with Crippen LogP contribution >= 0.6 is 0 Å². The number of nitrogens with one attached hydrogen (secondary N) is 1. The van der Waals surface area contributed by atoms with Crippen molar-refractivity contribution in [2.75, 3.05) is 0 Å². The molecule has 6 nitrogen and oxygen atoms in total. The SMILES string of the molecule is Cc1noc(CNC(=O)C(N)CCc2ccccc2)n1. The molecule has 20 heavy (non-hydrogen) atoms. The largest absolute Gasteiger partial charge is 0.346 e. The Balaban J connectivity index is 1.74. The van der Waals surface area contributed by atoms with Crippen molar-refractivity contribution in [3.8, 4) is 0 Å². The van der Waals surface area contributed by atoms with Gasteiger partial charge in [0.15, 0.2) is 5.82 Å². The van der Waals surface area contributed by atoms with Crippen LogP contribution in [0.3, 0.4) is 0 Å². The summed E-state index contributed by atoms with van der Waals surface area (Å²) in [5.74, 6) is 0.713. The highest BCUT2D eigenvalue weighted by molar-refractivity contribution is 5.81. The molecule has 1 heterocycles. The van der Waals surface area contributed by atoms with Gasteiger partial charge >= 0.3 is 0 Å². The fourth-order valence-electron chi connectivity index (χ4n) is 1.80. The van der Waals surface area contributed by atoms with Crippen LogP contribution in [-0.4, -0.2) is 22.1 Å². The number of carbonyl (C=O) groups excluding carboxylic acids is 1. The Morgan fingerprint density at radius 3 is 2.80 bits per heavy atom. The fraction of sp³-hybridized carbons (Fsp3) is 0.357. The van der Waals surface area contributed by atoms with Crippen molar-refractivity contribution >= 4 is 5.91 Å². The second-order valence-electron chi connectivity index (χ2n) is 4.58. The summed E-state index contributed by atoms with van der Waals surface area (Å²) in [6.07, 6.45) is 1.37. The standard InChI is InChI=1S/C14H18N4O2/c1-10-17-13(20-18-10)9-16-14(19)12(15)8-7-11-5-3-2-4-6-11/h2-6,12H,7-9,15H2,1H3,(H,16,19). The number of hydrogen-bond donors (Lipinski definition) is 2. The molecular weight excluding hydrogens is 256 g/mol. The Bertz CT molecular complexity index is 553. The molecule has 0 aliphatic heterocycles. The molecule has 1 unspecified atom stereocenters. The number of hydrogen-bond acceptors (Lipinski definition) is 5. The van der Waals surface area contributed by atoms with Gasteiger partial charge in [0, 0.05) is 0 Å². The molecule has 106 valence electrons. The smallest absolute Gasteiger partial charge is 0.246 e. The van der Waals surface area contributed by atoms with Gasteiger partial charge in [-0.05, 0) is 25.3 Å². The minimum absolute atomic E-state index is 0.207. The molecule has 0 spiro atoms. The number of rotatable bonds is 6. The van der Waals surface area contributed by atoms with E-state index < -0.39 is 6.04 Å². The van der Waals surface area contributed by atoms with Crippen LogP contribution in [-0.2, 0) is 17.8 Å². The first-order valence-electron chi connectivity index (χ1n) is 6.51. The van der Waals surface area contributed by atoms with Gasteiger partial charge in [-0.3, -0.25) is 4.79 Å². The number of benzene rings is 1. The number of aryl methyl sites for hydroxylation is 2. The van der Waals surface area contributed by atoms with Gasteiger partial charge in [0.25, 0.3) is 0 Å². The minimum Gasteiger partial charge on any atom is -0.346 e. The van der Waals surface area contributed by atoms with Crippen molar-refractivity contribution in [1.29, 1.82) is 0 Å². The van der Waals surface area contributed by atoms with Crippen molar-refractivity contribution in [2.24, 2.45) is 5.73 Å². The van der Waals surface area contributed by atoms with Crippen molar-refractivity contribution in [1.82, 2.24) is 15.5 Å². The first-order chi connectivity index (χ1) is 9.65. The summed E-state index contributed by atoms with van der Waals surface area (Å²) in [5, 5.41) is 6.33. The van der Waals surface area contributed by atoms with E-state index in [1.165, 1.54) is 5.56 Å². The van der Waals surface area contributed by atoms with E-state index in [9.17, 15) is 4.79 Å². The molecule has 0 fully saturated rings. The van der Waals surface area contributed by atoms with Crippen LogP contribution < -0.4 is 11.1 Å². The van der Waals surface area contributed by atoms with Crippen LogP contribution in [0.1, 0.15) is 23.7 Å². The molecule has 3 N–H and O–H groups in total. The zero-order chi connectivity index (χ0) is 14.4. The molecule has 0 saturated carbocycles. The van der Waals surface area contributed by atoms with Gasteiger partial charge in [0.1, 0.15) is 0 Å². The van der Waals surface area contributed by atoms with Crippen molar-refractivity contribution < 1.29 is 9.32 Å². The zero-order valence-corrected chi connectivity index (χ0v) is 11.4. The maximum absolute atomic E-state index is 11.8. The van der Waals surface area contributed by atoms with Crippen LogP contribution in [0.15, 0.2) is 34.9 Å². The normalized spacial score (nSPS) is 12.1.